The fraction of sp³-hybridized carbons (Fsp3) is 0.625. The molecular formula is C8H14N2OS. The molecule has 0 unspecified atom stereocenters. The van der Waals surface area contributed by atoms with Crippen LogP contribution in [0.25, 0.3) is 0 Å². The second-order valence-corrected chi connectivity index (χ2v) is 4.38. The summed E-state index contributed by atoms with van der Waals surface area (Å²) < 4.78 is 5.28. The van der Waals surface area contributed by atoms with Crippen molar-refractivity contribution in [2.24, 2.45) is 0 Å². The highest BCUT2D eigenvalue weighted by atomic mass is 32.1. The second-order valence-electron chi connectivity index (χ2n) is 3.17. The van der Waals surface area contributed by atoms with Crippen LogP contribution >= 0.6 is 11.3 Å². The first-order chi connectivity index (χ1) is 5.47. The Morgan fingerprint density at radius 1 is 1.50 bits per heavy atom. The van der Waals surface area contributed by atoms with E-state index in [0.29, 0.717) is 5.82 Å². The van der Waals surface area contributed by atoms with Crippen LogP contribution in [0.2, 0.25) is 0 Å². The van der Waals surface area contributed by atoms with Crippen molar-refractivity contribution in [2.75, 3.05) is 12.8 Å². The molecule has 0 radical (unpaired) electrons. The fourth-order valence-corrected chi connectivity index (χ4v) is 1.67. The van der Waals surface area contributed by atoms with Crippen LogP contribution < -0.4 is 5.73 Å². The van der Waals surface area contributed by atoms with Crippen molar-refractivity contribution in [1.29, 1.82) is 0 Å². The molecule has 0 amide bonds. The number of aromatic nitrogens is 1. The number of nitrogens with two attached hydrogens (primary N) is 1. The van der Waals surface area contributed by atoms with Gasteiger partial charge in [0, 0.05) is 12.0 Å². The molecule has 0 spiro atoms. The van der Waals surface area contributed by atoms with Gasteiger partial charge in [-0.1, -0.05) is 0 Å². The highest BCUT2D eigenvalue weighted by molar-refractivity contribution is 7.12. The van der Waals surface area contributed by atoms with E-state index in [1.54, 1.807) is 18.4 Å². The van der Waals surface area contributed by atoms with E-state index in [1.807, 2.05) is 20.8 Å². The number of nitrogen functional groups attached to an aromatic ring is 1. The van der Waals surface area contributed by atoms with Gasteiger partial charge in [-0.3, -0.25) is 0 Å². The summed E-state index contributed by atoms with van der Waals surface area (Å²) in [6.45, 7) is 5.91. The van der Waals surface area contributed by atoms with Gasteiger partial charge in [0.25, 0.3) is 0 Å². The number of ether oxygens (including phenoxy) is 1. The Bertz CT molecular complexity index is 261. The number of thiazole rings is 1. The number of nitrogens with zero attached hydrogens (tertiary/aromatic N) is 1. The molecule has 68 valence electrons. The van der Waals surface area contributed by atoms with Gasteiger partial charge in [-0.05, 0) is 20.8 Å². The van der Waals surface area contributed by atoms with Crippen molar-refractivity contribution in [3.63, 3.8) is 0 Å². The molecule has 1 rings (SSSR count). The summed E-state index contributed by atoms with van der Waals surface area (Å²) in [4.78, 5) is 5.28. The average Bonchev–Trinajstić information content (AvgIpc) is 2.33. The van der Waals surface area contributed by atoms with E-state index in [1.165, 1.54) is 0 Å². The Labute approximate surface area is 76.6 Å². The summed E-state index contributed by atoms with van der Waals surface area (Å²) in [6, 6.07) is 0. The Morgan fingerprint density at radius 3 is 2.42 bits per heavy atom. The van der Waals surface area contributed by atoms with Crippen molar-refractivity contribution in [3.05, 3.63) is 9.88 Å². The smallest absolute Gasteiger partial charge is 0.137 e. The molecule has 0 fully saturated rings. The van der Waals surface area contributed by atoms with E-state index in [2.05, 4.69) is 4.98 Å². The number of methoxy groups -OCH3 is 1. The van der Waals surface area contributed by atoms with Crippen molar-refractivity contribution in [3.8, 4) is 0 Å². The van der Waals surface area contributed by atoms with Crippen LogP contribution in [0.15, 0.2) is 0 Å². The van der Waals surface area contributed by atoms with Gasteiger partial charge in [0.15, 0.2) is 0 Å². The Morgan fingerprint density at radius 2 is 2.08 bits per heavy atom. The molecule has 0 bridgehead atoms. The maximum absolute atomic E-state index is 5.64. The molecule has 1 aromatic heterocycles. The summed E-state index contributed by atoms with van der Waals surface area (Å²) in [6.07, 6.45) is 0. The van der Waals surface area contributed by atoms with Crippen molar-refractivity contribution in [2.45, 2.75) is 26.4 Å². The summed E-state index contributed by atoms with van der Waals surface area (Å²) in [5, 5.41) is 0.931. The van der Waals surface area contributed by atoms with Gasteiger partial charge in [-0.2, -0.15) is 0 Å². The lowest BCUT2D eigenvalue weighted by molar-refractivity contribution is 0.0191. The first-order valence-electron chi connectivity index (χ1n) is 3.76. The van der Waals surface area contributed by atoms with Gasteiger partial charge in [-0.25, -0.2) is 4.98 Å². The fourth-order valence-electron chi connectivity index (χ4n) is 0.753. The van der Waals surface area contributed by atoms with E-state index in [4.69, 9.17) is 10.5 Å². The molecule has 1 aromatic rings. The van der Waals surface area contributed by atoms with Crippen LogP contribution in [-0.2, 0) is 10.3 Å². The minimum absolute atomic E-state index is 0.326. The Hall–Kier alpha value is -0.610. The maximum Gasteiger partial charge on any atom is 0.137 e. The largest absolute Gasteiger partial charge is 0.383 e. The molecule has 0 aromatic carbocycles. The number of anilines is 1. The third-order valence-electron chi connectivity index (χ3n) is 1.86. The minimum Gasteiger partial charge on any atom is -0.383 e. The average molecular weight is 186 g/mol. The monoisotopic (exact) mass is 186 g/mol. The number of hydrogen-bond donors (Lipinski definition) is 1. The summed E-state index contributed by atoms with van der Waals surface area (Å²) in [7, 11) is 1.67. The Kier molecular flexibility index (Phi) is 2.39. The predicted molar refractivity (Wildman–Crippen MR) is 51.3 cm³/mol. The van der Waals surface area contributed by atoms with Crippen LogP contribution in [0.3, 0.4) is 0 Å². The van der Waals surface area contributed by atoms with Crippen molar-refractivity contribution < 1.29 is 4.74 Å². The lowest BCUT2D eigenvalue weighted by Crippen LogP contribution is -2.18. The van der Waals surface area contributed by atoms with Gasteiger partial charge >= 0.3 is 0 Å². The van der Waals surface area contributed by atoms with E-state index >= 15 is 0 Å². The number of rotatable bonds is 2. The summed E-state index contributed by atoms with van der Waals surface area (Å²) >= 11 is 1.58. The molecular weight excluding hydrogens is 172 g/mol. The van der Waals surface area contributed by atoms with Crippen LogP contribution in [-0.4, -0.2) is 12.1 Å². The van der Waals surface area contributed by atoms with Gasteiger partial charge in [0.05, 0.1) is 0 Å². The van der Waals surface area contributed by atoms with Crippen molar-refractivity contribution >= 4 is 17.2 Å². The molecule has 1 heterocycles. The molecule has 0 aliphatic heterocycles. The predicted octanol–water partition coefficient (Wildman–Crippen LogP) is 1.92. The second kappa shape index (κ2) is 3.03. The first-order valence-corrected chi connectivity index (χ1v) is 4.57. The molecule has 4 heteroatoms. The van der Waals surface area contributed by atoms with Gasteiger partial charge in [0.2, 0.25) is 0 Å². The van der Waals surface area contributed by atoms with Crippen LogP contribution in [0.1, 0.15) is 23.7 Å². The molecule has 0 saturated carbocycles. The Balaban J connectivity index is 3.04. The van der Waals surface area contributed by atoms with Crippen LogP contribution in [0.4, 0.5) is 5.82 Å². The lowest BCUT2D eigenvalue weighted by Gasteiger charge is -2.19. The van der Waals surface area contributed by atoms with Crippen LogP contribution in [0, 0.1) is 6.92 Å². The molecule has 0 atom stereocenters. The normalized spacial score (nSPS) is 12.0. The number of hydrogen-bond acceptors (Lipinski definition) is 4. The molecule has 0 aliphatic rings. The third-order valence-corrected chi connectivity index (χ3v) is 3.15. The lowest BCUT2D eigenvalue weighted by atomic mass is 10.1. The molecule has 0 saturated heterocycles. The topological polar surface area (TPSA) is 48.1 Å². The third kappa shape index (κ3) is 1.59. The minimum atomic E-state index is -0.326. The van der Waals surface area contributed by atoms with E-state index in [-0.39, 0.29) is 5.60 Å². The van der Waals surface area contributed by atoms with Crippen LogP contribution in [0.5, 0.6) is 0 Å². The standard InChI is InChI=1S/C8H14N2OS/c1-5-6(9)10-7(12-5)8(2,3)11-4/h9H2,1-4H3. The van der Waals surface area contributed by atoms with Crippen molar-refractivity contribution in [1.82, 2.24) is 4.98 Å². The molecule has 2 N–H and O–H groups in total. The maximum atomic E-state index is 5.64. The highest BCUT2D eigenvalue weighted by Gasteiger charge is 2.24. The zero-order valence-electron chi connectivity index (χ0n) is 7.84. The summed E-state index contributed by atoms with van der Waals surface area (Å²) in [5.74, 6) is 0.611. The number of aryl methyl sites for hydroxylation is 1. The quantitative estimate of drug-likeness (QED) is 0.767. The van der Waals surface area contributed by atoms with Gasteiger partial charge in [0.1, 0.15) is 16.4 Å². The van der Waals surface area contributed by atoms with E-state index in [0.717, 1.165) is 9.88 Å². The SMILES string of the molecule is COC(C)(C)c1nc(N)c(C)s1. The van der Waals surface area contributed by atoms with E-state index in [9.17, 15) is 0 Å². The zero-order valence-corrected chi connectivity index (χ0v) is 8.66. The van der Waals surface area contributed by atoms with E-state index < -0.39 is 0 Å². The molecule has 3 nitrogen and oxygen atoms in total. The zero-order chi connectivity index (χ0) is 9.35. The first kappa shape index (κ1) is 9.48. The summed E-state index contributed by atoms with van der Waals surface area (Å²) in [5.41, 5.74) is 5.31. The van der Waals surface area contributed by atoms with Gasteiger partial charge in [-0.15, -0.1) is 11.3 Å². The van der Waals surface area contributed by atoms with Gasteiger partial charge < -0.3 is 10.5 Å². The highest BCUT2D eigenvalue weighted by Crippen LogP contribution is 2.30. The molecule has 12 heavy (non-hydrogen) atoms. The molecule has 0 aliphatic carbocycles.